The minimum Gasteiger partial charge on any atom is -0.333 e. The Kier molecular flexibility index (Phi) is 3.44. The number of nitrogens with two attached hydrogens (primary N) is 1. The first-order valence-corrected chi connectivity index (χ1v) is 6.48. The fourth-order valence-corrected chi connectivity index (χ4v) is 2.87. The highest BCUT2D eigenvalue weighted by atomic mass is 35.5. The summed E-state index contributed by atoms with van der Waals surface area (Å²) in [4.78, 5) is 9.72. The fraction of sp³-hybridized carbons (Fsp3) is 0.545. The number of halogens is 1. The number of thiazole rings is 1. The lowest BCUT2D eigenvalue weighted by molar-refractivity contribution is 0.229. The van der Waals surface area contributed by atoms with Crippen LogP contribution in [0.2, 0.25) is 0 Å². The zero-order valence-electron chi connectivity index (χ0n) is 10.3. The van der Waals surface area contributed by atoms with E-state index in [0.29, 0.717) is 11.7 Å². The van der Waals surface area contributed by atoms with Crippen molar-refractivity contribution >= 4 is 23.7 Å². The van der Waals surface area contributed by atoms with Crippen LogP contribution in [0.3, 0.4) is 0 Å². The molecule has 0 amide bonds. The van der Waals surface area contributed by atoms with E-state index in [-0.39, 0.29) is 17.9 Å². The Morgan fingerprint density at radius 1 is 1.28 bits per heavy atom. The minimum absolute atomic E-state index is 0. The van der Waals surface area contributed by atoms with E-state index in [9.17, 15) is 0 Å². The van der Waals surface area contributed by atoms with Crippen molar-refractivity contribution in [2.75, 3.05) is 0 Å². The van der Waals surface area contributed by atoms with E-state index < -0.39 is 0 Å². The molecule has 0 atom stereocenters. The summed E-state index contributed by atoms with van der Waals surface area (Å²) < 4.78 is 5.30. The molecule has 1 aliphatic rings. The monoisotopic (exact) mass is 286 g/mol. The van der Waals surface area contributed by atoms with Crippen molar-refractivity contribution in [2.24, 2.45) is 5.73 Å². The van der Waals surface area contributed by atoms with Crippen LogP contribution in [0, 0.1) is 13.8 Å². The summed E-state index contributed by atoms with van der Waals surface area (Å²) in [7, 11) is 0. The molecular weight excluding hydrogens is 272 g/mol. The average molecular weight is 287 g/mol. The second-order valence-electron chi connectivity index (χ2n) is 4.58. The van der Waals surface area contributed by atoms with Crippen molar-refractivity contribution in [3.05, 3.63) is 16.5 Å². The molecule has 2 heterocycles. The van der Waals surface area contributed by atoms with Gasteiger partial charge in [0.25, 0.3) is 5.89 Å². The Bertz CT molecular complexity index is 561. The van der Waals surface area contributed by atoms with Gasteiger partial charge in [0.1, 0.15) is 4.88 Å². The molecule has 0 spiro atoms. The molecule has 2 N–H and O–H groups in total. The predicted octanol–water partition coefficient (Wildman–Crippen LogP) is 2.57. The Morgan fingerprint density at radius 3 is 2.50 bits per heavy atom. The molecular formula is C11H15ClN4OS. The van der Waals surface area contributed by atoms with Gasteiger partial charge < -0.3 is 10.3 Å². The highest BCUT2D eigenvalue weighted by Gasteiger charge is 2.39. The summed E-state index contributed by atoms with van der Waals surface area (Å²) in [6, 6.07) is 0. The third-order valence-electron chi connectivity index (χ3n) is 3.21. The Hall–Kier alpha value is -0.980. The largest absolute Gasteiger partial charge is 0.333 e. The van der Waals surface area contributed by atoms with Crippen LogP contribution in [0.15, 0.2) is 4.52 Å². The molecule has 1 saturated carbocycles. The zero-order chi connectivity index (χ0) is 12.0. The van der Waals surface area contributed by atoms with Crippen molar-refractivity contribution in [2.45, 2.75) is 38.6 Å². The van der Waals surface area contributed by atoms with Gasteiger partial charge in [-0.2, -0.15) is 4.98 Å². The fourth-order valence-electron chi connectivity index (χ4n) is 2.03. The molecule has 0 aromatic carbocycles. The van der Waals surface area contributed by atoms with Gasteiger partial charge in [-0.25, -0.2) is 4.98 Å². The summed E-state index contributed by atoms with van der Waals surface area (Å²) >= 11 is 1.57. The van der Waals surface area contributed by atoms with E-state index in [1.54, 1.807) is 11.3 Å². The Balaban J connectivity index is 0.00000120. The van der Waals surface area contributed by atoms with Gasteiger partial charge in [0.2, 0.25) is 0 Å². The number of aromatic nitrogens is 3. The number of hydrogen-bond acceptors (Lipinski definition) is 6. The van der Waals surface area contributed by atoms with Crippen molar-refractivity contribution in [1.82, 2.24) is 15.1 Å². The number of nitrogens with zero attached hydrogens (tertiary/aromatic N) is 3. The maximum absolute atomic E-state index is 6.16. The molecule has 1 aliphatic carbocycles. The predicted molar refractivity (Wildman–Crippen MR) is 71.8 cm³/mol. The number of hydrogen-bond donors (Lipinski definition) is 1. The lowest BCUT2D eigenvalue weighted by Crippen LogP contribution is -2.44. The first kappa shape index (κ1) is 13.5. The quantitative estimate of drug-likeness (QED) is 0.918. The number of aryl methyl sites for hydroxylation is 2. The maximum Gasteiger partial charge on any atom is 0.269 e. The molecule has 18 heavy (non-hydrogen) atoms. The molecule has 0 aliphatic heterocycles. The lowest BCUT2D eigenvalue weighted by Gasteiger charge is -2.34. The van der Waals surface area contributed by atoms with Crippen molar-refractivity contribution in [1.29, 1.82) is 0 Å². The van der Waals surface area contributed by atoms with Crippen molar-refractivity contribution in [3.8, 4) is 10.8 Å². The van der Waals surface area contributed by atoms with Crippen molar-refractivity contribution in [3.63, 3.8) is 0 Å². The molecule has 0 bridgehead atoms. The van der Waals surface area contributed by atoms with Crippen LogP contribution in [0.1, 0.15) is 35.8 Å². The summed E-state index contributed by atoms with van der Waals surface area (Å²) in [6.45, 7) is 3.92. The van der Waals surface area contributed by atoms with Gasteiger partial charge in [-0.15, -0.1) is 23.7 Å². The molecule has 2 aromatic rings. The molecule has 3 rings (SSSR count). The van der Waals surface area contributed by atoms with E-state index >= 15 is 0 Å². The molecule has 0 radical (unpaired) electrons. The highest BCUT2D eigenvalue weighted by molar-refractivity contribution is 7.15. The minimum atomic E-state index is -0.366. The molecule has 7 heteroatoms. The summed E-state index contributed by atoms with van der Waals surface area (Å²) in [6.07, 6.45) is 3.01. The van der Waals surface area contributed by atoms with Crippen LogP contribution in [-0.4, -0.2) is 15.1 Å². The van der Waals surface area contributed by atoms with Gasteiger partial charge in [0, 0.05) is 0 Å². The molecule has 0 saturated heterocycles. The average Bonchev–Trinajstić information content (AvgIpc) is 2.81. The van der Waals surface area contributed by atoms with Crippen molar-refractivity contribution < 1.29 is 4.52 Å². The highest BCUT2D eigenvalue weighted by Crippen LogP contribution is 2.38. The third kappa shape index (κ3) is 2.04. The topological polar surface area (TPSA) is 77.8 Å². The normalized spacial score (nSPS) is 17.1. The van der Waals surface area contributed by atoms with Crippen LogP contribution in [0.4, 0.5) is 0 Å². The van der Waals surface area contributed by atoms with E-state index in [0.717, 1.165) is 34.8 Å². The zero-order valence-corrected chi connectivity index (χ0v) is 11.9. The van der Waals surface area contributed by atoms with Gasteiger partial charge in [0.15, 0.2) is 5.82 Å². The summed E-state index contributed by atoms with van der Waals surface area (Å²) in [5.41, 5.74) is 6.73. The van der Waals surface area contributed by atoms with Gasteiger partial charge in [-0.3, -0.25) is 0 Å². The van der Waals surface area contributed by atoms with E-state index in [4.69, 9.17) is 10.3 Å². The Labute approximate surface area is 115 Å². The van der Waals surface area contributed by atoms with Crippen LogP contribution >= 0.6 is 23.7 Å². The van der Waals surface area contributed by atoms with Gasteiger partial charge in [-0.1, -0.05) is 5.16 Å². The second kappa shape index (κ2) is 4.60. The standard InChI is InChI=1S/C11H14N4OS.ClH/c1-6-8(17-7(2)13-6)9-14-10(15-16-9)11(12)4-3-5-11;/h3-5,12H2,1-2H3;1H. The molecule has 1 fully saturated rings. The Morgan fingerprint density at radius 2 is 2.00 bits per heavy atom. The lowest BCUT2D eigenvalue weighted by atomic mass is 9.77. The number of rotatable bonds is 2. The maximum atomic E-state index is 6.16. The first-order chi connectivity index (χ1) is 8.08. The first-order valence-electron chi connectivity index (χ1n) is 5.66. The molecule has 5 nitrogen and oxygen atoms in total. The van der Waals surface area contributed by atoms with E-state index in [1.807, 2.05) is 13.8 Å². The smallest absolute Gasteiger partial charge is 0.269 e. The van der Waals surface area contributed by atoms with Gasteiger partial charge in [-0.05, 0) is 33.1 Å². The van der Waals surface area contributed by atoms with Gasteiger partial charge >= 0.3 is 0 Å². The van der Waals surface area contributed by atoms with Crippen LogP contribution in [-0.2, 0) is 5.54 Å². The van der Waals surface area contributed by atoms with E-state index in [1.165, 1.54) is 0 Å². The molecule has 98 valence electrons. The van der Waals surface area contributed by atoms with Crippen LogP contribution in [0.25, 0.3) is 10.8 Å². The van der Waals surface area contributed by atoms with E-state index in [2.05, 4.69) is 15.1 Å². The van der Waals surface area contributed by atoms with Gasteiger partial charge in [0.05, 0.1) is 16.2 Å². The summed E-state index contributed by atoms with van der Waals surface area (Å²) in [5, 5.41) is 5.01. The second-order valence-corrected chi connectivity index (χ2v) is 5.78. The molecule has 0 unspecified atom stereocenters. The third-order valence-corrected chi connectivity index (χ3v) is 4.28. The summed E-state index contributed by atoms with van der Waals surface area (Å²) in [5.74, 6) is 1.17. The van der Waals surface area contributed by atoms with Crippen LogP contribution < -0.4 is 5.73 Å². The molecule has 2 aromatic heterocycles. The van der Waals surface area contributed by atoms with Crippen LogP contribution in [0.5, 0.6) is 0 Å². The SMILES string of the molecule is Cc1nc(C)c(-c2nc(C3(N)CCC3)no2)s1.Cl.